The molecule has 1 fully saturated rings. The van der Waals surface area contributed by atoms with Gasteiger partial charge in [-0.05, 0) is 81.8 Å². The molecule has 2 nitrogen and oxygen atoms in total. The van der Waals surface area contributed by atoms with Gasteiger partial charge >= 0.3 is 0 Å². The molecule has 148 valence electrons. The standard InChI is InChI=1S/C27H28O2/c28-16-24-8-7-21(15-25(24)17-29)19-5-6-20(13-19)22-9-11-27-23(14-22)10-12-26(27)18-3-1-2-4-18/h6-15,18,26,28-29H,1-5,16-17H2. The molecule has 5 rings (SSSR count). The van der Waals surface area contributed by atoms with Crippen molar-refractivity contribution in [2.24, 2.45) is 5.92 Å². The van der Waals surface area contributed by atoms with Gasteiger partial charge in [0.05, 0.1) is 13.2 Å². The molecule has 2 aromatic rings. The van der Waals surface area contributed by atoms with E-state index in [2.05, 4.69) is 42.5 Å². The second-order valence-electron chi connectivity index (χ2n) is 8.61. The van der Waals surface area contributed by atoms with Gasteiger partial charge in [0.1, 0.15) is 0 Å². The lowest BCUT2D eigenvalue weighted by atomic mass is 9.86. The third-order valence-electron chi connectivity index (χ3n) is 6.96. The van der Waals surface area contributed by atoms with Gasteiger partial charge in [0.25, 0.3) is 0 Å². The molecule has 1 atom stereocenters. The van der Waals surface area contributed by atoms with Crippen LogP contribution in [0.3, 0.4) is 0 Å². The maximum atomic E-state index is 9.59. The predicted molar refractivity (Wildman–Crippen MR) is 119 cm³/mol. The molecule has 0 saturated heterocycles. The van der Waals surface area contributed by atoms with E-state index in [-0.39, 0.29) is 13.2 Å². The summed E-state index contributed by atoms with van der Waals surface area (Å²) in [4.78, 5) is 0. The maximum Gasteiger partial charge on any atom is 0.0685 e. The first kappa shape index (κ1) is 18.6. The molecule has 1 saturated carbocycles. The van der Waals surface area contributed by atoms with Crippen LogP contribution in [0.2, 0.25) is 0 Å². The predicted octanol–water partition coefficient (Wildman–Crippen LogP) is 5.84. The van der Waals surface area contributed by atoms with Gasteiger partial charge in [-0.3, -0.25) is 0 Å². The van der Waals surface area contributed by atoms with E-state index >= 15 is 0 Å². The SMILES string of the molecule is OCc1ccc(C2=CC(c3ccc4c(c3)C=CC4C3CCCC3)=CC2)cc1CO. The Hall–Kier alpha value is -2.42. The quantitative estimate of drug-likeness (QED) is 0.679. The van der Waals surface area contributed by atoms with Crippen molar-refractivity contribution in [2.75, 3.05) is 0 Å². The van der Waals surface area contributed by atoms with E-state index in [9.17, 15) is 10.2 Å². The summed E-state index contributed by atoms with van der Waals surface area (Å²) in [5.74, 6) is 1.45. The molecule has 2 N–H and O–H groups in total. The van der Waals surface area contributed by atoms with E-state index in [1.165, 1.54) is 53.5 Å². The molecule has 0 heterocycles. The zero-order valence-electron chi connectivity index (χ0n) is 16.8. The lowest BCUT2D eigenvalue weighted by Gasteiger charge is -2.18. The van der Waals surface area contributed by atoms with Crippen LogP contribution in [0, 0.1) is 5.92 Å². The van der Waals surface area contributed by atoms with Gasteiger partial charge in [0.15, 0.2) is 0 Å². The largest absolute Gasteiger partial charge is 0.392 e. The average Bonchev–Trinajstić information content (AvgIpc) is 3.52. The van der Waals surface area contributed by atoms with Gasteiger partial charge < -0.3 is 10.2 Å². The van der Waals surface area contributed by atoms with Gasteiger partial charge in [-0.1, -0.05) is 61.4 Å². The Morgan fingerprint density at radius 3 is 2.45 bits per heavy atom. The molecule has 1 unspecified atom stereocenters. The molecular weight excluding hydrogens is 356 g/mol. The van der Waals surface area contributed by atoms with E-state index in [0.29, 0.717) is 5.92 Å². The molecule has 0 radical (unpaired) electrons. The first-order chi connectivity index (χ1) is 14.3. The normalized spacial score (nSPS) is 20.8. The number of aliphatic hydroxyl groups is 2. The molecule has 0 bridgehead atoms. The van der Waals surface area contributed by atoms with Crippen molar-refractivity contribution in [1.82, 2.24) is 0 Å². The van der Waals surface area contributed by atoms with Crippen LogP contribution in [0.1, 0.15) is 71.4 Å². The Bertz CT molecular complexity index is 1020. The third-order valence-corrected chi connectivity index (χ3v) is 6.96. The summed E-state index contributed by atoms with van der Waals surface area (Å²) in [6.45, 7) is -0.0835. The lowest BCUT2D eigenvalue weighted by molar-refractivity contribution is 0.260. The molecule has 0 aliphatic heterocycles. The first-order valence-electron chi connectivity index (χ1n) is 10.8. The Balaban J connectivity index is 1.39. The number of hydrogen-bond donors (Lipinski definition) is 2. The van der Waals surface area contributed by atoms with Gasteiger partial charge in [-0.25, -0.2) is 0 Å². The summed E-state index contributed by atoms with van der Waals surface area (Å²) < 4.78 is 0. The fourth-order valence-corrected chi connectivity index (χ4v) is 5.30. The number of rotatable bonds is 5. The second kappa shape index (κ2) is 7.78. The van der Waals surface area contributed by atoms with Crippen molar-refractivity contribution in [3.05, 3.63) is 88.0 Å². The summed E-state index contributed by atoms with van der Waals surface area (Å²) >= 11 is 0. The summed E-state index contributed by atoms with van der Waals surface area (Å²) in [5.41, 5.74) is 9.44. The number of allylic oxidation sites excluding steroid dienone is 5. The molecule has 29 heavy (non-hydrogen) atoms. The maximum absolute atomic E-state index is 9.59. The van der Waals surface area contributed by atoms with Crippen LogP contribution in [-0.2, 0) is 13.2 Å². The monoisotopic (exact) mass is 384 g/mol. The molecule has 0 aromatic heterocycles. The molecule has 0 spiro atoms. The Kier molecular flexibility index (Phi) is 4.99. The van der Waals surface area contributed by atoms with E-state index in [1.54, 1.807) is 0 Å². The van der Waals surface area contributed by atoms with Crippen molar-refractivity contribution < 1.29 is 10.2 Å². The summed E-state index contributed by atoms with van der Waals surface area (Å²) in [6.07, 6.45) is 15.7. The molecule has 0 amide bonds. The van der Waals surface area contributed by atoms with Crippen LogP contribution < -0.4 is 0 Å². The van der Waals surface area contributed by atoms with Crippen molar-refractivity contribution in [2.45, 2.75) is 51.2 Å². The Labute approximate surface area is 172 Å². The van der Waals surface area contributed by atoms with Gasteiger partial charge in [-0.2, -0.15) is 0 Å². The van der Waals surface area contributed by atoms with E-state index < -0.39 is 0 Å². The van der Waals surface area contributed by atoms with Gasteiger partial charge in [-0.15, -0.1) is 0 Å². The van der Waals surface area contributed by atoms with Crippen LogP contribution in [0.5, 0.6) is 0 Å². The van der Waals surface area contributed by atoms with E-state index in [1.807, 2.05) is 18.2 Å². The molecule has 3 aliphatic carbocycles. The Morgan fingerprint density at radius 2 is 1.66 bits per heavy atom. The summed E-state index contributed by atoms with van der Waals surface area (Å²) in [6, 6.07) is 13.0. The number of fused-ring (bicyclic) bond motifs is 1. The van der Waals surface area contributed by atoms with E-state index in [0.717, 1.165) is 29.0 Å². The minimum Gasteiger partial charge on any atom is -0.392 e. The average molecular weight is 385 g/mol. The minimum atomic E-state index is -0.0450. The fourth-order valence-electron chi connectivity index (χ4n) is 5.30. The highest BCUT2D eigenvalue weighted by atomic mass is 16.3. The van der Waals surface area contributed by atoms with E-state index in [4.69, 9.17) is 0 Å². The smallest absolute Gasteiger partial charge is 0.0685 e. The van der Waals surface area contributed by atoms with Crippen molar-refractivity contribution in [3.63, 3.8) is 0 Å². The zero-order valence-corrected chi connectivity index (χ0v) is 16.8. The molecule has 2 aromatic carbocycles. The minimum absolute atomic E-state index is 0.0385. The Morgan fingerprint density at radius 1 is 0.862 bits per heavy atom. The van der Waals surface area contributed by atoms with Crippen LogP contribution in [0.15, 0.2) is 54.6 Å². The van der Waals surface area contributed by atoms with Crippen LogP contribution in [0.25, 0.3) is 17.2 Å². The number of aliphatic hydroxyl groups excluding tert-OH is 2. The van der Waals surface area contributed by atoms with Crippen molar-refractivity contribution in [3.8, 4) is 0 Å². The molecule has 2 heteroatoms. The third kappa shape index (κ3) is 3.41. The summed E-state index contributed by atoms with van der Waals surface area (Å²) in [5, 5.41) is 19.0. The molecular formula is C27H28O2. The van der Waals surface area contributed by atoms with Gasteiger partial charge in [0.2, 0.25) is 0 Å². The van der Waals surface area contributed by atoms with Crippen LogP contribution in [0.4, 0.5) is 0 Å². The van der Waals surface area contributed by atoms with Crippen molar-refractivity contribution >= 4 is 17.2 Å². The zero-order chi connectivity index (χ0) is 19.8. The number of benzene rings is 2. The number of hydrogen-bond acceptors (Lipinski definition) is 2. The highest BCUT2D eigenvalue weighted by molar-refractivity contribution is 5.90. The first-order valence-corrected chi connectivity index (χ1v) is 10.8. The van der Waals surface area contributed by atoms with Crippen LogP contribution in [-0.4, -0.2) is 10.2 Å². The highest BCUT2D eigenvalue weighted by Gasteiger charge is 2.28. The summed E-state index contributed by atoms with van der Waals surface area (Å²) in [7, 11) is 0. The van der Waals surface area contributed by atoms with Crippen LogP contribution >= 0.6 is 0 Å². The lowest BCUT2D eigenvalue weighted by Crippen LogP contribution is -2.05. The topological polar surface area (TPSA) is 40.5 Å². The van der Waals surface area contributed by atoms with Crippen molar-refractivity contribution in [1.29, 1.82) is 0 Å². The van der Waals surface area contributed by atoms with Gasteiger partial charge in [0, 0.05) is 5.92 Å². The second-order valence-corrected chi connectivity index (χ2v) is 8.61. The molecule has 3 aliphatic rings. The fraction of sp³-hybridized carbons (Fsp3) is 0.333. The highest BCUT2D eigenvalue weighted by Crippen LogP contribution is 2.44.